The van der Waals surface area contributed by atoms with Gasteiger partial charge >= 0.3 is 0 Å². The largest absolute Gasteiger partial charge is 0.341 e. The number of hydrogen-bond acceptors (Lipinski definition) is 6. The third-order valence-corrected chi connectivity index (χ3v) is 4.78. The van der Waals surface area contributed by atoms with Gasteiger partial charge in [-0.1, -0.05) is 0 Å². The summed E-state index contributed by atoms with van der Waals surface area (Å²) in [6, 6.07) is 6.07. The highest BCUT2D eigenvalue weighted by Crippen LogP contribution is 2.22. The van der Waals surface area contributed by atoms with Crippen LogP contribution < -0.4 is 0 Å². The molecule has 9 nitrogen and oxygen atoms in total. The van der Waals surface area contributed by atoms with Crippen molar-refractivity contribution in [2.45, 2.75) is 27.7 Å². The van der Waals surface area contributed by atoms with Gasteiger partial charge in [-0.3, -0.25) is 4.98 Å². The van der Waals surface area contributed by atoms with E-state index in [0.717, 1.165) is 56.4 Å². The Morgan fingerprint density at radius 1 is 0.581 bits per heavy atom. The third kappa shape index (κ3) is 3.73. The normalized spacial score (nSPS) is 11.2. The lowest BCUT2D eigenvalue weighted by molar-refractivity contribution is 1.16. The number of H-pyrrole nitrogens is 3. The SMILES string of the molecule is Cc1cnc2nc(C)[nH]c2c1.Cc1cncc(-c2nc3nc4nc(C)[nH]c4cc3[nH]2)c1. The number of aryl methyl sites for hydroxylation is 4. The molecule has 0 unspecified atom stereocenters. The Labute approximate surface area is 177 Å². The van der Waals surface area contributed by atoms with E-state index < -0.39 is 0 Å². The third-order valence-electron chi connectivity index (χ3n) is 4.78. The maximum absolute atomic E-state index is 4.52. The van der Waals surface area contributed by atoms with E-state index in [1.807, 2.05) is 58.3 Å². The molecule has 3 N–H and O–H groups in total. The van der Waals surface area contributed by atoms with Crippen molar-refractivity contribution in [1.29, 1.82) is 0 Å². The van der Waals surface area contributed by atoms with Crippen molar-refractivity contribution in [2.75, 3.05) is 0 Å². The van der Waals surface area contributed by atoms with E-state index in [1.165, 1.54) is 0 Å². The lowest BCUT2D eigenvalue weighted by Crippen LogP contribution is -1.84. The summed E-state index contributed by atoms with van der Waals surface area (Å²) in [5, 5.41) is 0. The number of pyridine rings is 3. The molecule has 9 heteroatoms. The van der Waals surface area contributed by atoms with Gasteiger partial charge in [-0.25, -0.2) is 24.9 Å². The first-order valence-electron chi connectivity index (χ1n) is 9.89. The average Bonchev–Trinajstić information content (AvgIpc) is 3.40. The summed E-state index contributed by atoms with van der Waals surface area (Å²) in [6.07, 6.45) is 5.43. The fourth-order valence-electron chi connectivity index (χ4n) is 3.44. The maximum Gasteiger partial charge on any atom is 0.180 e. The van der Waals surface area contributed by atoms with Gasteiger partial charge in [0.25, 0.3) is 0 Å². The fraction of sp³-hybridized carbons (Fsp3) is 0.182. The van der Waals surface area contributed by atoms with Crippen molar-refractivity contribution < 1.29 is 0 Å². The van der Waals surface area contributed by atoms with Crippen LogP contribution in [0.4, 0.5) is 0 Å². The van der Waals surface area contributed by atoms with Gasteiger partial charge in [-0.15, -0.1) is 0 Å². The van der Waals surface area contributed by atoms with E-state index in [0.29, 0.717) is 11.3 Å². The topological polar surface area (TPSA) is 125 Å². The van der Waals surface area contributed by atoms with E-state index in [4.69, 9.17) is 0 Å². The van der Waals surface area contributed by atoms with Gasteiger partial charge in [0.1, 0.15) is 17.5 Å². The summed E-state index contributed by atoms with van der Waals surface area (Å²) >= 11 is 0. The molecular weight excluding hydrogens is 390 g/mol. The van der Waals surface area contributed by atoms with E-state index in [2.05, 4.69) is 44.9 Å². The molecule has 0 saturated carbocycles. The van der Waals surface area contributed by atoms with Crippen LogP contribution in [0.25, 0.3) is 44.9 Å². The minimum atomic E-state index is 0.667. The summed E-state index contributed by atoms with van der Waals surface area (Å²) < 4.78 is 0. The van der Waals surface area contributed by atoms with Crippen molar-refractivity contribution in [3.05, 3.63) is 59.6 Å². The molecule has 0 aromatic carbocycles. The van der Waals surface area contributed by atoms with Crippen LogP contribution in [-0.4, -0.2) is 44.9 Å². The van der Waals surface area contributed by atoms with Gasteiger partial charge < -0.3 is 15.0 Å². The first kappa shape index (κ1) is 18.9. The molecule has 0 aliphatic rings. The van der Waals surface area contributed by atoms with Gasteiger partial charge in [-0.2, -0.15) is 0 Å². The highest BCUT2D eigenvalue weighted by Gasteiger charge is 2.10. The molecule has 0 atom stereocenters. The van der Waals surface area contributed by atoms with Crippen molar-refractivity contribution in [2.24, 2.45) is 0 Å². The maximum atomic E-state index is 4.52. The summed E-state index contributed by atoms with van der Waals surface area (Å²) in [6.45, 7) is 7.86. The van der Waals surface area contributed by atoms with Gasteiger partial charge in [0.15, 0.2) is 16.9 Å². The second kappa shape index (κ2) is 7.28. The van der Waals surface area contributed by atoms with Gasteiger partial charge in [0.2, 0.25) is 0 Å². The molecule has 6 heterocycles. The molecule has 0 saturated heterocycles. The molecule has 6 rings (SSSR count). The van der Waals surface area contributed by atoms with Crippen LogP contribution in [0.2, 0.25) is 0 Å². The number of aromatic amines is 3. The Hall–Kier alpha value is -4.14. The van der Waals surface area contributed by atoms with Crippen LogP contribution in [0.15, 0.2) is 36.8 Å². The zero-order chi connectivity index (χ0) is 21.5. The molecule has 0 bridgehead atoms. The first-order valence-corrected chi connectivity index (χ1v) is 9.89. The molecule has 0 amide bonds. The van der Waals surface area contributed by atoms with E-state index in [1.54, 1.807) is 6.20 Å². The summed E-state index contributed by atoms with van der Waals surface area (Å²) in [7, 11) is 0. The van der Waals surface area contributed by atoms with Crippen LogP contribution in [0, 0.1) is 27.7 Å². The van der Waals surface area contributed by atoms with Crippen molar-refractivity contribution in [3.8, 4) is 11.4 Å². The van der Waals surface area contributed by atoms with Gasteiger partial charge in [0, 0.05) is 24.2 Å². The molecule has 6 aromatic rings. The predicted octanol–water partition coefficient (Wildman–Crippen LogP) is 4.09. The first-order chi connectivity index (χ1) is 14.9. The zero-order valence-corrected chi connectivity index (χ0v) is 17.6. The number of fused-ring (bicyclic) bond motifs is 3. The molecule has 0 fully saturated rings. The smallest absolute Gasteiger partial charge is 0.180 e. The van der Waals surface area contributed by atoms with Crippen molar-refractivity contribution >= 4 is 33.5 Å². The van der Waals surface area contributed by atoms with E-state index >= 15 is 0 Å². The number of nitrogens with one attached hydrogen (secondary N) is 3. The van der Waals surface area contributed by atoms with E-state index in [9.17, 15) is 0 Å². The minimum absolute atomic E-state index is 0.667. The summed E-state index contributed by atoms with van der Waals surface area (Å²) in [4.78, 5) is 35.4. The van der Waals surface area contributed by atoms with Crippen LogP contribution in [-0.2, 0) is 0 Å². The highest BCUT2D eigenvalue weighted by molar-refractivity contribution is 5.87. The Bertz CT molecular complexity index is 1490. The lowest BCUT2D eigenvalue weighted by Gasteiger charge is -1.96. The Kier molecular flexibility index (Phi) is 4.43. The molecule has 0 aliphatic heterocycles. The second-order valence-corrected chi connectivity index (χ2v) is 7.60. The quantitative estimate of drug-likeness (QED) is 0.374. The van der Waals surface area contributed by atoms with Crippen LogP contribution >= 0.6 is 0 Å². The molecule has 6 aromatic heterocycles. The number of hydrogen-bond donors (Lipinski definition) is 3. The summed E-state index contributed by atoms with van der Waals surface area (Å²) in [5.74, 6) is 2.54. The van der Waals surface area contributed by atoms with Gasteiger partial charge in [-0.05, 0) is 57.0 Å². The van der Waals surface area contributed by atoms with Crippen molar-refractivity contribution in [3.63, 3.8) is 0 Å². The average molecular weight is 411 g/mol. The highest BCUT2D eigenvalue weighted by atomic mass is 15.0. The number of imidazole rings is 3. The fourth-order valence-corrected chi connectivity index (χ4v) is 3.44. The second-order valence-electron chi connectivity index (χ2n) is 7.60. The molecule has 31 heavy (non-hydrogen) atoms. The van der Waals surface area contributed by atoms with E-state index in [-0.39, 0.29) is 0 Å². The number of rotatable bonds is 1. The Morgan fingerprint density at radius 2 is 1.23 bits per heavy atom. The molecule has 0 spiro atoms. The van der Waals surface area contributed by atoms with Crippen LogP contribution in [0.5, 0.6) is 0 Å². The molecular formula is C22H21N9. The lowest BCUT2D eigenvalue weighted by atomic mass is 10.2. The monoisotopic (exact) mass is 411 g/mol. The standard InChI is InChI=1S/C14H12N6.C8H9N3/c1-7-3-9(6-15-5-7)12-18-11-4-10-13(17-8(2)16-10)20-14(11)19-12;1-5-3-7-8(9-4-5)11-6(2)10-7/h3-6H,1-2H3,(H2,16,17,18,19,20);3-4H,1-2H3,(H,9,10,11). The van der Waals surface area contributed by atoms with Crippen LogP contribution in [0.3, 0.4) is 0 Å². The molecule has 154 valence electrons. The molecule has 0 aliphatic carbocycles. The van der Waals surface area contributed by atoms with Crippen molar-refractivity contribution in [1.82, 2.24) is 44.9 Å². The predicted molar refractivity (Wildman–Crippen MR) is 120 cm³/mol. The number of aromatic nitrogens is 9. The molecule has 0 radical (unpaired) electrons. The van der Waals surface area contributed by atoms with Gasteiger partial charge in [0.05, 0.1) is 16.6 Å². The Balaban J connectivity index is 0.000000157. The minimum Gasteiger partial charge on any atom is -0.341 e. The van der Waals surface area contributed by atoms with Crippen LogP contribution in [0.1, 0.15) is 22.8 Å². The zero-order valence-electron chi connectivity index (χ0n) is 17.6. The number of nitrogens with zero attached hydrogens (tertiary/aromatic N) is 6. The Morgan fingerprint density at radius 3 is 2.00 bits per heavy atom. The summed E-state index contributed by atoms with van der Waals surface area (Å²) in [5.41, 5.74) is 8.17.